The summed E-state index contributed by atoms with van der Waals surface area (Å²) in [5.41, 5.74) is 0.946. The van der Waals surface area contributed by atoms with Crippen molar-refractivity contribution in [1.82, 2.24) is 19.4 Å². The number of benzene rings is 1. The number of nitrogens with zero attached hydrogens (tertiary/aromatic N) is 5. The van der Waals surface area contributed by atoms with Gasteiger partial charge in [0.05, 0.1) is 19.5 Å². The summed E-state index contributed by atoms with van der Waals surface area (Å²) < 4.78 is 7.30. The molecule has 1 aromatic heterocycles. The topological polar surface area (TPSA) is 59.9 Å². The molecule has 0 aliphatic carbocycles. The quantitative estimate of drug-likeness (QED) is 0.617. The number of methoxy groups -OCH3 is 1. The van der Waals surface area contributed by atoms with Crippen LogP contribution >= 0.6 is 11.6 Å². The van der Waals surface area contributed by atoms with Gasteiger partial charge in [-0.3, -0.25) is 0 Å². The fourth-order valence-corrected chi connectivity index (χ4v) is 4.41. The van der Waals surface area contributed by atoms with E-state index in [-0.39, 0.29) is 0 Å². The van der Waals surface area contributed by atoms with Gasteiger partial charge in [-0.1, -0.05) is 18.2 Å². The molecule has 0 unspecified atom stereocenters. The maximum atomic E-state index is 6.03. The van der Waals surface area contributed by atoms with Crippen LogP contribution in [0.4, 0.5) is 17.6 Å². The minimum Gasteiger partial charge on any atom is -0.467 e. The SMILES string of the molecule is COc1nc(Nc2ccccc2)nc([N+]23CC[N+](CCCl)(CC2)CC3)n1. The first-order valence-electron chi connectivity index (χ1n) is 9.07. The van der Waals surface area contributed by atoms with Crippen molar-refractivity contribution in [3.8, 4) is 6.01 Å². The number of rotatable bonds is 6. The number of aromatic nitrogens is 3. The Balaban J connectivity index is 1.62. The lowest BCUT2D eigenvalue weighted by molar-refractivity contribution is -0.938. The predicted molar refractivity (Wildman–Crippen MR) is 103 cm³/mol. The van der Waals surface area contributed by atoms with Crippen molar-refractivity contribution in [3.05, 3.63) is 30.3 Å². The normalized spacial score (nSPS) is 27.3. The van der Waals surface area contributed by atoms with Gasteiger partial charge >= 0.3 is 12.0 Å². The maximum Gasteiger partial charge on any atom is 0.337 e. The van der Waals surface area contributed by atoms with Gasteiger partial charge in [0.2, 0.25) is 5.95 Å². The van der Waals surface area contributed by atoms with Gasteiger partial charge in [0.25, 0.3) is 0 Å². The molecule has 0 saturated carbocycles. The van der Waals surface area contributed by atoms with Crippen LogP contribution in [0.1, 0.15) is 0 Å². The van der Waals surface area contributed by atoms with E-state index in [1.165, 1.54) is 0 Å². The van der Waals surface area contributed by atoms with Crippen LogP contribution in [0.15, 0.2) is 30.3 Å². The highest BCUT2D eigenvalue weighted by Gasteiger charge is 2.51. The Bertz CT molecular complexity index is 747. The largest absolute Gasteiger partial charge is 0.467 e. The van der Waals surface area contributed by atoms with E-state index in [2.05, 4.69) is 15.3 Å². The molecule has 26 heavy (non-hydrogen) atoms. The Morgan fingerprint density at radius 3 is 2.31 bits per heavy atom. The zero-order valence-electron chi connectivity index (χ0n) is 15.1. The van der Waals surface area contributed by atoms with E-state index in [9.17, 15) is 0 Å². The van der Waals surface area contributed by atoms with Crippen LogP contribution in [0, 0.1) is 0 Å². The summed E-state index contributed by atoms with van der Waals surface area (Å²) >= 11 is 6.03. The maximum absolute atomic E-state index is 6.03. The predicted octanol–water partition coefficient (Wildman–Crippen LogP) is 2.01. The number of quaternary nitrogens is 2. The summed E-state index contributed by atoms with van der Waals surface area (Å²) in [5, 5.41) is 3.27. The molecule has 1 N–H and O–H groups in total. The molecule has 5 rings (SSSR count). The monoisotopic (exact) mass is 376 g/mol. The molecule has 2 bridgehead atoms. The van der Waals surface area contributed by atoms with Gasteiger partial charge in [-0.15, -0.1) is 21.6 Å². The van der Waals surface area contributed by atoms with Crippen molar-refractivity contribution in [1.29, 1.82) is 0 Å². The van der Waals surface area contributed by atoms with Gasteiger partial charge < -0.3 is 14.5 Å². The Labute approximate surface area is 158 Å². The van der Waals surface area contributed by atoms with Crippen molar-refractivity contribution < 1.29 is 9.22 Å². The number of hydrogen-bond acceptors (Lipinski definition) is 5. The van der Waals surface area contributed by atoms with Crippen molar-refractivity contribution in [2.45, 2.75) is 0 Å². The second kappa shape index (κ2) is 6.98. The lowest BCUT2D eigenvalue weighted by Crippen LogP contribution is -2.76. The number of alkyl halides is 1. The molecule has 138 valence electrons. The molecule has 0 atom stereocenters. The number of anilines is 2. The lowest BCUT2D eigenvalue weighted by Gasteiger charge is -2.53. The average molecular weight is 377 g/mol. The van der Waals surface area contributed by atoms with Crippen LogP contribution in [0.3, 0.4) is 0 Å². The van der Waals surface area contributed by atoms with Gasteiger partial charge in [0, 0.05) is 5.69 Å². The third kappa shape index (κ3) is 3.22. The van der Waals surface area contributed by atoms with E-state index in [0.29, 0.717) is 12.0 Å². The number of nitrogens with one attached hydrogen (secondary N) is 1. The molecule has 2 aromatic rings. The van der Waals surface area contributed by atoms with E-state index in [4.69, 9.17) is 21.3 Å². The summed E-state index contributed by atoms with van der Waals surface area (Å²) in [5.74, 6) is 2.06. The number of ether oxygens (including phenoxy) is 1. The number of halogens is 1. The van der Waals surface area contributed by atoms with E-state index < -0.39 is 0 Å². The molecule has 0 amide bonds. The van der Waals surface area contributed by atoms with Crippen molar-refractivity contribution in [2.24, 2.45) is 0 Å². The number of hydrogen-bond donors (Lipinski definition) is 1. The molecule has 3 aliphatic rings. The average Bonchev–Trinajstić information content (AvgIpc) is 2.70. The van der Waals surface area contributed by atoms with Gasteiger partial charge in [-0.05, 0) is 12.1 Å². The van der Waals surface area contributed by atoms with Crippen molar-refractivity contribution >= 4 is 29.2 Å². The van der Waals surface area contributed by atoms with Crippen LogP contribution < -0.4 is 14.5 Å². The van der Waals surface area contributed by atoms with Crippen LogP contribution in [0.5, 0.6) is 6.01 Å². The van der Waals surface area contributed by atoms with Gasteiger partial charge in [-0.25, -0.2) is 4.48 Å². The molecule has 3 aliphatic heterocycles. The molecular weight excluding hydrogens is 352 g/mol. The molecule has 8 heteroatoms. The van der Waals surface area contributed by atoms with Gasteiger partial charge in [0.15, 0.2) is 0 Å². The molecule has 0 spiro atoms. The first-order valence-corrected chi connectivity index (χ1v) is 9.60. The number of piperazine rings is 3. The van der Waals surface area contributed by atoms with Crippen LogP contribution in [0.25, 0.3) is 0 Å². The number of fused-ring (bicyclic) bond motifs is 3. The second-order valence-corrected chi connectivity index (χ2v) is 7.56. The highest BCUT2D eigenvalue weighted by molar-refractivity contribution is 6.17. The molecule has 0 radical (unpaired) electrons. The van der Waals surface area contributed by atoms with E-state index in [1.54, 1.807) is 7.11 Å². The summed E-state index contributed by atoms with van der Waals surface area (Å²) in [7, 11) is 1.60. The Hall–Kier alpha value is -1.96. The standard InChI is InChI=1S/C18H25ClN6O/c1-26-18-22-16(20-15-5-3-2-4-6-15)21-17(23-18)25-12-9-24(8-7-19,10-13-25)11-14-25/h2-6H,7-14H2,1H3,(H,20,21,22,23)/q+2. The van der Waals surface area contributed by atoms with E-state index in [0.717, 1.165) is 72.3 Å². The third-order valence-corrected chi connectivity index (χ3v) is 5.97. The van der Waals surface area contributed by atoms with Gasteiger partial charge in [-0.2, -0.15) is 4.98 Å². The summed E-state index contributed by atoms with van der Waals surface area (Å²) in [4.78, 5) is 13.7. The molecule has 7 nitrogen and oxygen atoms in total. The van der Waals surface area contributed by atoms with E-state index in [1.807, 2.05) is 30.3 Å². The number of para-hydroxylation sites is 1. The summed E-state index contributed by atoms with van der Waals surface area (Å²) in [6.45, 7) is 7.55. The van der Waals surface area contributed by atoms with Crippen LogP contribution in [-0.2, 0) is 0 Å². The zero-order valence-corrected chi connectivity index (χ0v) is 15.8. The minimum atomic E-state index is 0.360. The fraction of sp³-hybridized carbons (Fsp3) is 0.500. The Morgan fingerprint density at radius 2 is 1.69 bits per heavy atom. The van der Waals surface area contributed by atoms with Gasteiger partial charge in [0.1, 0.15) is 39.3 Å². The first kappa shape index (κ1) is 17.5. The molecule has 3 saturated heterocycles. The minimum absolute atomic E-state index is 0.360. The Kier molecular flexibility index (Phi) is 4.69. The Morgan fingerprint density at radius 1 is 1.00 bits per heavy atom. The van der Waals surface area contributed by atoms with Crippen molar-refractivity contribution in [3.63, 3.8) is 0 Å². The second-order valence-electron chi connectivity index (χ2n) is 7.18. The third-order valence-electron chi connectivity index (χ3n) is 5.81. The molecule has 1 aromatic carbocycles. The van der Waals surface area contributed by atoms with E-state index >= 15 is 0 Å². The highest BCUT2D eigenvalue weighted by atomic mass is 35.5. The fourth-order valence-electron chi connectivity index (χ4n) is 4.05. The summed E-state index contributed by atoms with van der Waals surface area (Å²) in [6.07, 6.45) is 0. The molecule has 4 heterocycles. The smallest absolute Gasteiger partial charge is 0.337 e. The molecular formula is C18H25ClN6O+2. The van der Waals surface area contributed by atoms with Crippen LogP contribution in [-0.4, -0.2) is 78.2 Å². The first-order chi connectivity index (χ1) is 12.7. The zero-order chi connectivity index (χ0) is 18.0. The molecule has 3 fully saturated rings. The van der Waals surface area contributed by atoms with Crippen molar-refractivity contribution in [2.75, 3.05) is 64.1 Å². The lowest BCUT2D eigenvalue weighted by atomic mass is 10.1. The van der Waals surface area contributed by atoms with Crippen LogP contribution in [0.2, 0.25) is 0 Å². The summed E-state index contributed by atoms with van der Waals surface area (Å²) in [6, 6.07) is 10.3. The highest BCUT2D eigenvalue weighted by Crippen LogP contribution is 2.32.